The van der Waals surface area contributed by atoms with Crippen LogP contribution in [-0.2, 0) is 24.3 Å². The first-order valence-corrected chi connectivity index (χ1v) is 11.6. The minimum absolute atomic E-state index is 0.118. The fourth-order valence-electron chi connectivity index (χ4n) is 5.05. The number of benzene rings is 1. The van der Waals surface area contributed by atoms with Gasteiger partial charge in [0, 0.05) is 32.8 Å². The molecule has 3 aromatic rings. The maximum Gasteiger partial charge on any atom is 0.229 e. The molecule has 0 spiro atoms. The summed E-state index contributed by atoms with van der Waals surface area (Å²) in [5.41, 5.74) is 5.13. The first-order chi connectivity index (χ1) is 15.9. The van der Waals surface area contributed by atoms with E-state index in [2.05, 4.69) is 34.4 Å². The smallest absolute Gasteiger partial charge is 0.229 e. The summed E-state index contributed by atoms with van der Waals surface area (Å²) in [5, 5.41) is 9.00. The quantitative estimate of drug-likeness (QED) is 0.641. The van der Waals surface area contributed by atoms with Crippen LogP contribution in [-0.4, -0.2) is 68.7 Å². The van der Waals surface area contributed by atoms with Gasteiger partial charge in [-0.25, -0.2) is 9.67 Å². The fourth-order valence-corrected chi connectivity index (χ4v) is 5.05. The highest BCUT2D eigenvalue weighted by molar-refractivity contribution is 5.79. The average molecular weight is 450 g/mol. The second kappa shape index (κ2) is 8.62. The molecule has 9 nitrogen and oxygen atoms in total. The van der Waals surface area contributed by atoms with E-state index in [1.807, 2.05) is 22.7 Å². The second-order valence-corrected chi connectivity index (χ2v) is 9.14. The maximum atomic E-state index is 12.0. The lowest BCUT2D eigenvalue weighted by atomic mass is 9.99. The monoisotopic (exact) mass is 449 g/mol. The number of amides is 1. The van der Waals surface area contributed by atoms with Crippen molar-refractivity contribution in [2.24, 2.45) is 0 Å². The third-order valence-corrected chi connectivity index (χ3v) is 6.81. The van der Waals surface area contributed by atoms with Crippen LogP contribution in [0, 0.1) is 6.92 Å². The number of hydrogen-bond donors (Lipinski definition) is 1. The summed E-state index contributed by atoms with van der Waals surface area (Å²) < 4.78 is 7.58. The Balaban J connectivity index is 1.46. The Labute approximate surface area is 193 Å². The predicted molar refractivity (Wildman–Crippen MR) is 127 cm³/mol. The molecule has 2 aliphatic heterocycles. The van der Waals surface area contributed by atoms with Gasteiger partial charge in [0.2, 0.25) is 11.9 Å². The summed E-state index contributed by atoms with van der Waals surface area (Å²) in [4.78, 5) is 25.6. The number of carbonyl (C=O) groups is 1. The van der Waals surface area contributed by atoms with E-state index in [9.17, 15) is 4.79 Å². The molecule has 4 heterocycles. The molecule has 9 heteroatoms. The SMILES string of the molecule is COc1cc2c(cc1Nc1ncc3c(C)nn(C[C@@H]4CCCN4C(C)=O)c3n1)CN(C)CC2. The van der Waals surface area contributed by atoms with Crippen LogP contribution in [0.2, 0.25) is 0 Å². The van der Waals surface area contributed by atoms with Gasteiger partial charge >= 0.3 is 0 Å². The lowest BCUT2D eigenvalue weighted by Gasteiger charge is -2.26. The van der Waals surface area contributed by atoms with Crippen molar-refractivity contribution in [2.75, 3.05) is 32.6 Å². The van der Waals surface area contributed by atoms with Crippen LogP contribution >= 0.6 is 0 Å². The number of fused-ring (bicyclic) bond motifs is 2. The number of nitrogens with one attached hydrogen (secondary N) is 1. The number of ether oxygens (including phenoxy) is 1. The Bertz CT molecular complexity index is 1210. The molecule has 0 bridgehead atoms. The zero-order chi connectivity index (χ0) is 23.1. The van der Waals surface area contributed by atoms with Crippen LogP contribution in [0.25, 0.3) is 11.0 Å². The number of aryl methyl sites for hydroxylation is 1. The van der Waals surface area contributed by atoms with Crippen molar-refractivity contribution in [1.29, 1.82) is 0 Å². The van der Waals surface area contributed by atoms with E-state index in [-0.39, 0.29) is 11.9 Å². The molecule has 5 rings (SSSR count). The highest BCUT2D eigenvalue weighted by Gasteiger charge is 2.28. The lowest BCUT2D eigenvalue weighted by Crippen LogP contribution is -2.36. The van der Waals surface area contributed by atoms with Gasteiger partial charge in [0.1, 0.15) is 5.75 Å². The predicted octanol–water partition coefficient (Wildman–Crippen LogP) is 2.89. The zero-order valence-corrected chi connectivity index (χ0v) is 19.8. The van der Waals surface area contributed by atoms with Crippen LogP contribution in [0.15, 0.2) is 18.3 Å². The second-order valence-electron chi connectivity index (χ2n) is 9.14. The number of carbonyl (C=O) groups excluding carboxylic acids is 1. The largest absolute Gasteiger partial charge is 0.495 e. The number of likely N-dealkylation sites (N-methyl/N-ethyl adjacent to an activating group) is 1. The molecule has 1 amide bonds. The Kier molecular flexibility index (Phi) is 5.65. The van der Waals surface area contributed by atoms with Crippen LogP contribution < -0.4 is 10.1 Å². The Morgan fingerprint density at radius 1 is 1.27 bits per heavy atom. The molecule has 1 fully saturated rings. The van der Waals surface area contributed by atoms with Crippen LogP contribution in [0.3, 0.4) is 0 Å². The van der Waals surface area contributed by atoms with Crippen molar-refractivity contribution in [3.05, 3.63) is 35.2 Å². The van der Waals surface area contributed by atoms with Crippen molar-refractivity contribution < 1.29 is 9.53 Å². The number of methoxy groups -OCH3 is 1. The number of rotatable bonds is 5. The molecular formula is C24H31N7O2. The molecule has 1 N–H and O–H groups in total. The number of nitrogens with zero attached hydrogens (tertiary/aromatic N) is 6. The van der Waals surface area contributed by atoms with Gasteiger partial charge in [-0.1, -0.05) is 0 Å². The molecule has 1 aromatic carbocycles. The molecule has 0 aliphatic carbocycles. The summed E-state index contributed by atoms with van der Waals surface area (Å²) in [7, 11) is 3.82. The number of likely N-dealkylation sites (tertiary alicyclic amines) is 1. The maximum absolute atomic E-state index is 12.0. The summed E-state index contributed by atoms with van der Waals surface area (Å²) in [6, 6.07) is 4.41. The van der Waals surface area contributed by atoms with Crippen molar-refractivity contribution in [3.63, 3.8) is 0 Å². The van der Waals surface area contributed by atoms with Crippen molar-refractivity contribution in [1.82, 2.24) is 29.5 Å². The molecule has 1 atom stereocenters. The molecular weight excluding hydrogens is 418 g/mol. The molecule has 2 aliphatic rings. The zero-order valence-electron chi connectivity index (χ0n) is 19.8. The average Bonchev–Trinajstić information content (AvgIpc) is 3.38. The van der Waals surface area contributed by atoms with E-state index in [4.69, 9.17) is 14.8 Å². The van der Waals surface area contributed by atoms with E-state index in [1.165, 1.54) is 11.1 Å². The van der Waals surface area contributed by atoms with E-state index >= 15 is 0 Å². The minimum Gasteiger partial charge on any atom is -0.495 e. The standard InChI is InChI=1S/C24H31N7O2/c1-15-20-12-25-24(26-21-10-18-13-29(3)9-7-17(18)11-22(21)33-4)27-23(20)31(28-15)14-19-6-5-8-30(19)16(2)32/h10-12,19H,5-9,13-14H2,1-4H3,(H,25,26,27)/t19-/m0/s1. The normalized spacial score (nSPS) is 18.5. The lowest BCUT2D eigenvalue weighted by molar-refractivity contribution is -0.129. The van der Waals surface area contributed by atoms with Gasteiger partial charge in [0.15, 0.2) is 5.65 Å². The summed E-state index contributed by atoms with van der Waals surface area (Å²) in [5.74, 6) is 1.41. The van der Waals surface area contributed by atoms with Gasteiger partial charge in [-0.15, -0.1) is 0 Å². The molecule has 0 unspecified atom stereocenters. The molecule has 33 heavy (non-hydrogen) atoms. The van der Waals surface area contributed by atoms with Crippen molar-refractivity contribution >= 4 is 28.6 Å². The van der Waals surface area contributed by atoms with Crippen molar-refractivity contribution in [3.8, 4) is 5.75 Å². The van der Waals surface area contributed by atoms with Gasteiger partial charge < -0.3 is 19.9 Å². The third-order valence-electron chi connectivity index (χ3n) is 6.81. The van der Waals surface area contributed by atoms with Crippen LogP contribution in [0.4, 0.5) is 11.6 Å². The van der Waals surface area contributed by atoms with E-state index < -0.39 is 0 Å². The summed E-state index contributed by atoms with van der Waals surface area (Å²) in [6.07, 6.45) is 4.84. The summed E-state index contributed by atoms with van der Waals surface area (Å²) in [6.45, 7) is 7.01. The highest BCUT2D eigenvalue weighted by Crippen LogP contribution is 2.33. The highest BCUT2D eigenvalue weighted by atomic mass is 16.5. The molecule has 0 radical (unpaired) electrons. The molecule has 0 saturated carbocycles. The number of aromatic nitrogens is 4. The third kappa shape index (κ3) is 4.13. The number of anilines is 2. The topological polar surface area (TPSA) is 88.4 Å². The van der Waals surface area contributed by atoms with Gasteiger partial charge in [0.25, 0.3) is 0 Å². The van der Waals surface area contributed by atoms with Crippen molar-refractivity contribution in [2.45, 2.75) is 52.2 Å². The Hall–Kier alpha value is -3.20. The van der Waals surface area contributed by atoms with E-state index in [0.29, 0.717) is 12.5 Å². The molecule has 1 saturated heterocycles. The number of hydrogen-bond acceptors (Lipinski definition) is 7. The Morgan fingerprint density at radius 2 is 2.12 bits per heavy atom. The fraction of sp³-hybridized carbons (Fsp3) is 0.500. The first-order valence-electron chi connectivity index (χ1n) is 11.6. The Morgan fingerprint density at radius 3 is 2.91 bits per heavy atom. The van der Waals surface area contributed by atoms with E-state index in [1.54, 1.807) is 14.0 Å². The molecule has 2 aromatic heterocycles. The van der Waals surface area contributed by atoms with Crippen LogP contribution in [0.1, 0.15) is 36.6 Å². The summed E-state index contributed by atoms with van der Waals surface area (Å²) >= 11 is 0. The van der Waals surface area contributed by atoms with Gasteiger partial charge in [0.05, 0.1) is 36.5 Å². The van der Waals surface area contributed by atoms with Gasteiger partial charge in [-0.3, -0.25) is 4.79 Å². The first kappa shape index (κ1) is 21.6. The minimum atomic E-state index is 0.118. The van der Waals surface area contributed by atoms with E-state index in [0.717, 1.165) is 67.1 Å². The van der Waals surface area contributed by atoms with Gasteiger partial charge in [-0.2, -0.15) is 10.1 Å². The molecule has 174 valence electrons. The van der Waals surface area contributed by atoms with Crippen LogP contribution in [0.5, 0.6) is 5.75 Å². The van der Waals surface area contributed by atoms with Gasteiger partial charge in [-0.05, 0) is 56.5 Å².